The highest BCUT2D eigenvalue weighted by Gasteiger charge is 1.95. The molecule has 0 heterocycles. The minimum atomic E-state index is 0.104. The molecule has 1 unspecified atom stereocenters. The molecule has 9 heavy (non-hydrogen) atoms. The van der Waals surface area contributed by atoms with Crippen molar-refractivity contribution in [2.75, 3.05) is 0 Å². The number of hydrogen-bond donors (Lipinski definition) is 4. The summed E-state index contributed by atoms with van der Waals surface area (Å²) < 4.78 is 0. The molecule has 1 atom stereocenters. The Balaban J connectivity index is 3.06. The Morgan fingerprint density at radius 1 is 1.11 bits per heavy atom. The monoisotopic (exact) mass is 132 g/mol. The van der Waals surface area contributed by atoms with Crippen LogP contribution >= 0.6 is 0 Å². The third-order valence-electron chi connectivity index (χ3n) is 0.839. The molecule has 0 aromatic rings. The molecule has 0 aromatic heterocycles. The zero-order valence-corrected chi connectivity index (χ0v) is 6.23. The average Bonchev–Trinajstić information content (AvgIpc) is 1.83. The van der Waals surface area contributed by atoms with Crippen molar-refractivity contribution in [1.29, 1.82) is 0 Å². The van der Waals surface area contributed by atoms with Gasteiger partial charge >= 0.3 is 0 Å². The van der Waals surface area contributed by atoms with E-state index in [0.29, 0.717) is 6.04 Å². The zero-order valence-electron chi connectivity index (χ0n) is 6.23. The Morgan fingerprint density at radius 2 is 1.67 bits per heavy atom. The third kappa shape index (κ3) is 5.72. The molecule has 4 heteroatoms. The quantitative estimate of drug-likeness (QED) is 0.232. The van der Waals surface area contributed by atoms with Crippen molar-refractivity contribution in [2.45, 2.75) is 33.0 Å². The summed E-state index contributed by atoms with van der Waals surface area (Å²) in [4.78, 5) is 0. The fourth-order valence-corrected chi connectivity index (χ4v) is 0.333. The van der Waals surface area contributed by atoms with E-state index >= 15 is 0 Å². The highest BCUT2D eigenvalue weighted by molar-refractivity contribution is 4.51. The highest BCUT2D eigenvalue weighted by atomic mass is 15.5. The molecule has 0 bridgehead atoms. The Morgan fingerprint density at radius 3 is 2.00 bits per heavy atom. The second-order valence-electron chi connectivity index (χ2n) is 2.33. The van der Waals surface area contributed by atoms with Gasteiger partial charge in [-0.1, -0.05) is 0 Å². The first-order valence-electron chi connectivity index (χ1n) is 3.14. The second-order valence-corrected chi connectivity index (χ2v) is 2.33. The van der Waals surface area contributed by atoms with Crippen LogP contribution in [-0.2, 0) is 0 Å². The van der Waals surface area contributed by atoms with Gasteiger partial charge in [0.2, 0.25) is 0 Å². The second kappa shape index (κ2) is 4.69. The Kier molecular flexibility index (Phi) is 4.61. The molecule has 0 aromatic carbocycles. The van der Waals surface area contributed by atoms with Gasteiger partial charge in [0.05, 0.1) is 6.17 Å². The van der Waals surface area contributed by atoms with Crippen LogP contribution in [0.15, 0.2) is 0 Å². The van der Waals surface area contributed by atoms with Crippen LogP contribution in [0.2, 0.25) is 0 Å². The van der Waals surface area contributed by atoms with E-state index in [2.05, 4.69) is 30.1 Å². The maximum Gasteiger partial charge on any atom is 0.0801 e. The maximum absolute atomic E-state index is 5.11. The summed E-state index contributed by atoms with van der Waals surface area (Å²) in [6, 6.07) is 0.431. The number of nitrogens with one attached hydrogen (secondary N) is 3. The molecule has 5 N–H and O–H groups in total. The number of rotatable bonds is 4. The van der Waals surface area contributed by atoms with Crippen LogP contribution in [0, 0.1) is 0 Å². The number of hydrogen-bond acceptors (Lipinski definition) is 4. The van der Waals surface area contributed by atoms with Crippen LogP contribution < -0.4 is 22.1 Å². The lowest BCUT2D eigenvalue weighted by Gasteiger charge is -2.15. The van der Waals surface area contributed by atoms with Gasteiger partial charge in [0.25, 0.3) is 0 Å². The van der Waals surface area contributed by atoms with Crippen molar-refractivity contribution in [3.63, 3.8) is 0 Å². The summed E-state index contributed by atoms with van der Waals surface area (Å²) in [5.41, 5.74) is 8.50. The van der Waals surface area contributed by atoms with Crippen LogP contribution in [0.3, 0.4) is 0 Å². The third-order valence-corrected chi connectivity index (χ3v) is 0.839. The Labute approximate surface area is 56.1 Å². The van der Waals surface area contributed by atoms with Crippen molar-refractivity contribution < 1.29 is 0 Å². The SMILES string of the molecule is CC(C)NNC(C)NN. The Bertz CT molecular complexity index is 64.0. The fraction of sp³-hybridized carbons (Fsp3) is 1.00. The zero-order chi connectivity index (χ0) is 7.28. The topological polar surface area (TPSA) is 62.1 Å². The van der Waals surface area contributed by atoms with E-state index in [-0.39, 0.29) is 6.17 Å². The minimum Gasteiger partial charge on any atom is -0.270 e. The van der Waals surface area contributed by atoms with Gasteiger partial charge in [-0.25, -0.2) is 10.9 Å². The molecule has 56 valence electrons. The largest absolute Gasteiger partial charge is 0.270 e. The van der Waals surface area contributed by atoms with Crippen molar-refractivity contribution in [2.24, 2.45) is 5.84 Å². The van der Waals surface area contributed by atoms with E-state index in [1.807, 2.05) is 6.92 Å². The number of hydrazine groups is 2. The van der Waals surface area contributed by atoms with Gasteiger partial charge < -0.3 is 0 Å². The summed E-state index contributed by atoms with van der Waals surface area (Å²) in [6.07, 6.45) is 0.104. The van der Waals surface area contributed by atoms with E-state index < -0.39 is 0 Å². The summed E-state index contributed by atoms with van der Waals surface area (Å²) >= 11 is 0. The number of nitrogens with two attached hydrogens (primary N) is 1. The molecule has 0 saturated heterocycles. The first-order valence-corrected chi connectivity index (χ1v) is 3.14. The van der Waals surface area contributed by atoms with Crippen LogP contribution in [0.25, 0.3) is 0 Å². The molecule has 0 spiro atoms. The normalized spacial score (nSPS) is 14.3. The molecular weight excluding hydrogens is 116 g/mol. The average molecular weight is 132 g/mol. The van der Waals surface area contributed by atoms with Gasteiger partial charge in [0, 0.05) is 6.04 Å². The van der Waals surface area contributed by atoms with Crippen LogP contribution in [0.5, 0.6) is 0 Å². The molecule has 0 rings (SSSR count). The standard InChI is InChI=1S/C5H16N4/c1-4(2)8-9-5(3)7-6/h4-5,7-9H,6H2,1-3H3. The van der Waals surface area contributed by atoms with Gasteiger partial charge in [-0.15, -0.1) is 0 Å². The first-order chi connectivity index (χ1) is 4.16. The van der Waals surface area contributed by atoms with Gasteiger partial charge in [-0.3, -0.25) is 11.3 Å². The van der Waals surface area contributed by atoms with Gasteiger partial charge in [0.15, 0.2) is 0 Å². The molecule has 0 aliphatic rings. The first kappa shape index (κ1) is 8.84. The molecule has 0 fully saturated rings. The molecule has 0 amide bonds. The Hall–Kier alpha value is -0.160. The maximum atomic E-state index is 5.11. The molecule has 0 saturated carbocycles. The van der Waals surface area contributed by atoms with Crippen LogP contribution in [0.1, 0.15) is 20.8 Å². The lowest BCUT2D eigenvalue weighted by Crippen LogP contribution is -2.51. The summed E-state index contributed by atoms with van der Waals surface area (Å²) in [7, 11) is 0. The molecule has 4 nitrogen and oxygen atoms in total. The predicted molar refractivity (Wildman–Crippen MR) is 38.2 cm³/mol. The summed E-state index contributed by atoms with van der Waals surface area (Å²) in [6.45, 7) is 6.03. The van der Waals surface area contributed by atoms with E-state index in [1.54, 1.807) is 0 Å². The van der Waals surface area contributed by atoms with E-state index in [1.165, 1.54) is 0 Å². The van der Waals surface area contributed by atoms with E-state index in [4.69, 9.17) is 5.84 Å². The highest BCUT2D eigenvalue weighted by Crippen LogP contribution is 1.72. The summed E-state index contributed by atoms with van der Waals surface area (Å²) in [5.74, 6) is 5.11. The molecule has 0 radical (unpaired) electrons. The van der Waals surface area contributed by atoms with Crippen molar-refractivity contribution in [1.82, 2.24) is 16.3 Å². The minimum absolute atomic E-state index is 0.104. The fourth-order valence-electron chi connectivity index (χ4n) is 0.333. The predicted octanol–water partition coefficient (Wildman–Crippen LogP) is -0.702. The molecule has 0 aliphatic heterocycles. The van der Waals surface area contributed by atoms with Crippen LogP contribution in [-0.4, -0.2) is 12.2 Å². The molecular formula is C5H16N4. The lowest BCUT2D eigenvalue weighted by molar-refractivity contribution is 0.369. The van der Waals surface area contributed by atoms with Crippen molar-refractivity contribution in [3.05, 3.63) is 0 Å². The van der Waals surface area contributed by atoms with Crippen molar-refractivity contribution >= 4 is 0 Å². The van der Waals surface area contributed by atoms with Gasteiger partial charge in [0.1, 0.15) is 0 Å². The smallest absolute Gasteiger partial charge is 0.0801 e. The van der Waals surface area contributed by atoms with Crippen molar-refractivity contribution in [3.8, 4) is 0 Å². The van der Waals surface area contributed by atoms with Gasteiger partial charge in [-0.05, 0) is 20.8 Å². The van der Waals surface area contributed by atoms with E-state index in [0.717, 1.165) is 0 Å². The van der Waals surface area contributed by atoms with E-state index in [9.17, 15) is 0 Å². The van der Waals surface area contributed by atoms with Crippen LogP contribution in [0.4, 0.5) is 0 Å². The van der Waals surface area contributed by atoms with Gasteiger partial charge in [-0.2, -0.15) is 0 Å². The molecule has 0 aliphatic carbocycles. The summed E-state index contributed by atoms with van der Waals surface area (Å²) in [5, 5.41) is 0. The lowest BCUT2D eigenvalue weighted by atomic mass is 10.4.